The summed E-state index contributed by atoms with van der Waals surface area (Å²) in [6.45, 7) is 0.589. The molecule has 1 fully saturated rings. The van der Waals surface area contributed by atoms with Gasteiger partial charge in [-0.25, -0.2) is 0 Å². The van der Waals surface area contributed by atoms with E-state index in [1.54, 1.807) is 0 Å². The third-order valence-electron chi connectivity index (χ3n) is 3.56. The number of thiol groups is 1. The molecule has 3 heteroatoms. The molecule has 0 spiro atoms. The van der Waals surface area contributed by atoms with E-state index in [0.29, 0.717) is 18.8 Å². The second kappa shape index (κ2) is 6.00. The maximum absolute atomic E-state index is 6.19. The summed E-state index contributed by atoms with van der Waals surface area (Å²) in [5, 5.41) is 0. The Bertz CT molecular complexity index is 543. The predicted octanol–water partition coefficient (Wildman–Crippen LogP) is 3.43. The molecule has 1 heterocycles. The zero-order valence-electron chi connectivity index (χ0n) is 11.2. The highest BCUT2D eigenvalue weighted by atomic mass is 32.1. The molecule has 2 nitrogen and oxygen atoms in total. The minimum absolute atomic E-state index is 0.0438. The molecule has 20 heavy (non-hydrogen) atoms. The molecule has 2 aromatic rings. The zero-order valence-corrected chi connectivity index (χ0v) is 12.1. The van der Waals surface area contributed by atoms with Gasteiger partial charge in [-0.2, -0.15) is 12.6 Å². The van der Waals surface area contributed by atoms with Crippen LogP contribution in [0.4, 0.5) is 0 Å². The van der Waals surface area contributed by atoms with E-state index in [4.69, 9.17) is 9.47 Å². The average molecular weight is 286 g/mol. The maximum atomic E-state index is 6.19. The van der Waals surface area contributed by atoms with E-state index in [-0.39, 0.29) is 6.10 Å². The van der Waals surface area contributed by atoms with Gasteiger partial charge in [0.2, 0.25) is 0 Å². The summed E-state index contributed by atoms with van der Waals surface area (Å²) in [5.41, 5.74) is 2.27. The summed E-state index contributed by atoms with van der Waals surface area (Å²) in [4.78, 5) is 0. The van der Waals surface area contributed by atoms with E-state index >= 15 is 0 Å². The van der Waals surface area contributed by atoms with Crippen molar-refractivity contribution in [3.8, 4) is 0 Å². The molecular formula is C17H18O2S. The first-order valence-corrected chi connectivity index (χ1v) is 7.48. The van der Waals surface area contributed by atoms with Gasteiger partial charge >= 0.3 is 0 Å². The van der Waals surface area contributed by atoms with Crippen molar-refractivity contribution in [1.29, 1.82) is 0 Å². The molecule has 0 radical (unpaired) electrons. The number of hydrogen-bond donors (Lipinski definition) is 1. The van der Waals surface area contributed by atoms with Gasteiger partial charge in [-0.15, -0.1) is 0 Å². The van der Waals surface area contributed by atoms with Crippen molar-refractivity contribution in [2.45, 2.75) is 18.3 Å². The molecular weight excluding hydrogens is 268 g/mol. The Balaban J connectivity index is 1.93. The Morgan fingerprint density at radius 1 is 1.00 bits per heavy atom. The molecule has 2 atom stereocenters. The lowest BCUT2D eigenvalue weighted by atomic mass is 9.97. The molecule has 0 unspecified atom stereocenters. The molecule has 104 valence electrons. The standard InChI is InChI=1S/C17H18O2S/c20-13-16-12-18-17(19-16,15-9-5-2-6-10-15)11-14-7-3-1-4-8-14/h1-10,16,20H,11-13H2/t16-,17+/m0/s1. The zero-order chi connectivity index (χ0) is 13.8. The molecule has 3 rings (SSSR count). The topological polar surface area (TPSA) is 18.5 Å². The van der Waals surface area contributed by atoms with Gasteiger partial charge in [0.1, 0.15) is 0 Å². The van der Waals surface area contributed by atoms with Crippen molar-refractivity contribution in [3.63, 3.8) is 0 Å². The van der Waals surface area contributed by atoms with Crippen LogP contribution in [-0.4, -0.2) is 18.5 Å². The van der Waals surface area contributed by atoms with Crippen LogP contribution >= 0.6 is 12.6 Å². The Kier molecular flexibility index (Phi) is 4.10. The lowest BCUT2D eigenvalue weighted by Gasteiger charge is -2.28. The summed E-state index contributed by atoms with van der Waals surface area (Å²) >= 11 is 4.33. The molecule has 0 saturated carbocycles. The smallest absolute Gasteiger partial charge is 0.199 e. The van der Waals surface area contributed by atoms with E-state index < -0.39 is 5.79 Å². The lowest BCUT2D eigenvalue weighted by Crippen LogP contribution is -2.31. The molecule has 1 saturated heterocycles. The van der Waals surface area contributed by atoms with Gasteiger partial charge in [-0.05, 0) is 5.56 Å². The van der Waals surface area contributed by atoms with Crippen molar-refractivity contribution in [2.24, 2.45) is 0 Å². The second-order valence-electron chi connectivity index (χ2n) is 5.01. The summed E-state index contributed by atoms with van der Waals surface area (Å²) in [7, 11) is 0. The van der Waals surface area contributed by atoms with Crippen LogP contribution in [0.3, 0.4) is 0 Å². The van der Waals surface area contributed by atoms with Gasteiger partial charge < -0.3 is 9.47 Å². The van der Waals surface area contributed by atoms with Crippen LogP contribution in [-0.2, 0) is 21.7 Å². The SMILES string of the molecule is SC[C@@H]1CO[C@@](Cc2ccccc2)(c2ccccc2)O1. The van der Waals surface area contributed by atoms with Crippen LogP contribution in [0.2, 0.25) is 0 Å². The lowest BCUT2D eigenvalue weighted by molar-refractivity contribution is -0.173. The Morgan fingerprint density at radius 2 is 1.65 bits per heavy atom. The van der Waals surface area contributed by atoms with Gasteiger partial charge in [0.25, 0.3) is 0 Å². The van der Waals surface area contributed by atoms with Crippen LogP contribution in [0.5, 0.6) is 0 Å². The Labute approximate surface area is 125 Å². The molecule has 0 amide bonds. The van der Waals surface area contributed by atoms with Gasteiger partial charge in [0.15, 0.2) is 5.79 Å². The van der Waals surface area contributed by atoms with Gasteiger partial charge in [0, 0.05) is 17.7 Å². The second-order valence-corrected chi connectivity index (χ2v) is 5.38. The maximum Gasteiger partial charge on any atom is 0.199 e. The van der Waals surface area contributed by atoms with Crippen molar-refractivity contribution >= 4 is 12.6 Å². The van der Waals surface area contributed by atoms with E-state index in [1.165, 1.54) is 5.56 Å². The molecule has 0 aromatic heterocycles. The monoisotopic (exact) mass is 286 g/mol. The number of benzene rings is 2. The third kappa shape index (κ3) is 2.75. The van der Waals surface area contributed by atoms with Gasteiger partial charge in [-0.1, -0.05) is 60.7 Å². The van der Waals surface area contributed by atoms with Crippen molar-refractivity contribution < 1.29 is 9.47 Å². The molecule has 0 aliphatic carbocycles. The quantitative estimate of drug-likeness (QED) is 0.868. The summed E-state index contributed by atoms with van der Waals surface area (Å²) < 4.78 is 12.3. The van der Waals surface area contributed by atoms with Crippen LogP contribution in [0.25, 0.3) is 0 Å². The van der Waals surface area contributed by atoms with Gasteiger partial charge in [0.05, 0.1) is 12.7 Å². The van der Waals surface area contributed by atoms with E-state index in [1.807, 2.05) is 36.4 Å². The number of rotatable bonds is 4. The number of hydrogen-bond acceptors (Lipinski definition) is 3. The normalized spacial score (nSPS) is 25.8. The van der Waals surface area contributed by atoms with Crippen LogP contribution in [0.15, 0.2) is 60.7 Å². The van der Waals surface area contributed by atoms with E-state index in [2.05, 4.69) is 36.9 Å². The van der Waals surface area contributed by atoms with Crippen LogP contribution in [0, 0.1) is 0 Å². The largest absolute Gasteiger partial charge is 0.343 e. The highest BCUT2D eigenvalue weighted by Crippen LogP contribution is 2.37. The highest BCUT2D eigenvalue weighted by Gasteiger charge is 2.42. The molecule has 0 bridgehead atoms. The number of ether oxygens (including phenoxy) is 2. The summed E-state index contributed by atoms with van der Waals surface area (Å²) in [6.07, 6.45) is 0.754. The van der Waals surface area contributed by atoms with E-state index in [9.17, 15) is 0 Å². The highest BCUT2D eigenvalue weighted by molar-refractivity contribution is 7.80. The van der Waals surface area contributed by atoms with Crippen molar-refractivity contribution in [2.75, 3.05) is 12.4 Å². The average Bonchev–Trinajstić information content (AvgIpc) is 2.94. The van der Waals surface area contributed by atoms with Gasteiger partial charge in [-0.3, -0.25) is 0 Å². The Morgan fingerprint density at radius 3 is 2.25 bits per heavy atom. The fourth-order valence-corrected chi connectivity index (χ4v) is 2.74. The first kappa shape index (κ1) is 13.7. The summed E-state index contributed by atoms with van der Waals surface area (Å²) in [6, 6.07) is 20.5. The predicted molar refractivity (Wildman–Crippen MR) is 82.9 cm³/mol. The molecule has 1 aliphatic rings. The molecule has 0 N–H and O–H groups in total. The fourth-order valence-electron chi connectivity index (χ4n) is 2.56. The minimum atomic E-state index is -0.685. The fraction of sp³-hybridized carbons (Fsp3) is 0.294. The Hall–Kier alpha value is -1.29. The summed E-state index contributed by atoms with van der Waals surface area (Å²) in [5.74, 6) is -0.0145. The molecule has 1 aliphatic heterocycles. The first-order valence-electron chi connectivity index (χ1n) is 6.84. The minimum Gasteiger partial charge on any atom is -0.343 e. The van der Waals surface area contributed by atoms with Crippen LogP contribution in [0.1, 0.15) is 11.1 Å². The molecule has 2 aromatic carbocycles. The van der Waals surface area contributed by atoms with E-state index in [0.717, 1.165) is 5.56 Å². The van der Waals surface area contributed by atoms with Crippen LogP contribution < -0.4 is 0 Å². The first-order chi connectivity index (χ1) is 9.82. The third-order valence-corrected chi connectivity index (χ3v) is 3.96. The van der Waals surface area contributed by atoms with Crippen molar-refractivity contribution in [1.82, 2.24) is 0 Å². The van der Waals surface area contributed by atoms with Crippen molar-refractivity contribution in [3.05, 3.63) is 71.8 Å².